The number of piperidine rings is 1. The topological polar surface area (TPSA) is 20.3 Å². The van der Waals surface area contributed by atoms with Crippen molar-refractivity contribution >= 4 is 5.78 Å². The molecule has 0 N–H and O–H groups in total. The molecule has 1 aliphatic rings. The number of hydrogen-bond donors (Lipinski definition) is 0. The normalized spacial score (nSPS) is 22.2. The Morgan fingerprint density at radius 3 is 2.36 bits per heavy atom. The van der Waals surface area contributed by atoms with Gasteiger partial charge in [-0.05, 0) is 51.2 Å². The molecule has 0 aromatic carbocycles. The fourth-order valence-electron chi connectivity index (χ4n) is 1.93. The summed E-state index contributed by atoms with van der Waals surface area (Å²) >= 11 is 0. The van der Waals surface area contributed by atoms with Crippen LogP contribution in [0.15, 0.2) is 0 Å². The lowest BCUT2D eigenvalue weighted by Crippen LogP contribution is -2.37. The van der Waals surface area contributed by atoms with E-state index in [0.29, 0.717) is 11.2 Å². The summed E-state index contributed by atoms with van der Waals surface area (Å²) in [4.78, 5) is 13.3. The Balaban J connectivity index is 2.13. The number of rotatable bonds is 4. The van der Waals surface area contributed by atoms with Crippen molar-refractivity contribution in [3.05, 3.63) is 0 Å². The molecule has 0 spiro atoms. The van der Waals surface area contributed by atoms with E-state index in [-0.39, 0.29) is 0 Å². The van der Waals surface area contributed by atoms with Gasteiger partial charge in [0.2, 0.25) is 0 Å². The van der Waals surface area contributed by atoms with Crippen molar-refractivity contribution in [3.8, 4) is 0 Å². The lowest BCUT2D eigenvalue weighted by molar-refractivity contribution is -0.117. The molecule has 14 heavy (non-hydrogen) atoms. The van der Waals surface area contributed by atoms with E-state index < -0.39 is 0 Å². The lowest BCUT2D eigenvalue weighted by atomic mass is 9.82. The minimum absolute atomic E-state index is 0.322. The van der Waals surface area contributed by atoms with E-state index in [9.17, 15) is 4.79 Å². The van der Waals surface area contributed by atoms with Crippen molar-refractivity contribution in [2.45, 2.75) is 46.5 Å². The monoisotopic (exact) mass is 197 g/mol. The van der Waals surface area contributed by atoms with Crippen LogP contribution in [-0.4, -0.2) is 30.3 Å². The highest BCUT2D eigenvalue weighted by molar-refractivity contribution is 5.75. The van der Waals surface area contributed by atoms with Gasteiger partial charge in [0.05, 0.1) is 0 Å². The molecule has 0 unspecified atom stereocenters. The molecule has 2 nitrogen and oxygen atoms in total. The summed E-state index contributed by atoms with van der Waals surface area (Å²) in [5.74, 6) is 0.322. The summed E-state index contributed by atoms with van der Waals surface area (Å²) < 4.78 is 0. The zero-order chi connectivity index (χ0) is 10.6. The second-order valence-corrected chi connectivity index (χ2v) is 5.31. The molecular formula is C12H23NO. The number of likely N-dealkylation sites (tertiary alicyclic amines) is 1. The van der Waals surface area contributed by atoms with E-state index in [4.69, 9.17) is 0 Å². The Hall–Kier alpha value is -0.370. The molecular weight excluding hydrogens is 174 g/mol. The van der Waals surface area contributed by atoms with Crippen molar-refractivity contribution in [1.82, 2.24) is 4.90 Å². The molecule has 1 heterocycles. The fraction of sp³-hybridized carbons (Fsp3) is 0.917. The Kier molecular flexibility index (Phi) is 4.11. The van der Waals surface area contributed by atoms with Gasteiger partial charge in [-0.2, -0.15) is 0 Å². The van der Waals surface area contributed by atoms with E-state index in [2.05, 4.69) is 18.7 Å². The maximum Gasteiger partial charge on any atom is 0.129 e. The SMILES string of the molecule is CC(=O)CCCN1CCC(C)(C)CC1. The second-order valence-electron chi connectivity index (χ2n) is 5.31. The smallest absolute Gasteiger partial charge is 0.129 e. The third kappa shape index (κ3) is 4.23. The predicted octanol–water partition coefficient (Wildman–Crippen LogP) is 2.48. The number of nitrogens with zero attached hydrogens (tertiary/aromatic N) is 1. The molecule has 2 heteroatoms. The van der Waals surface area contributed by atoms with Gasteiger partial charge in [-0.1, -0.05) is 13.8 Å². The zero-order valence-corrected chi connectivity index (χ0v) is 9.81. The average Bonchev–Trinajstić information content (AvgIpc) is 2.07. The summed E-state index contributed by atoms with van der Waals surface area (Å²) in [5, 5.41) is 0. The second kappa shape index (κ2) is 4.92. The van der Waals surface area contributed by atoms with E-state index in [1.807, 2.05) is 0 Å². The molecule has 0 aromatic heterocycles. The van der Waals surface area contributed by atoms with Crippen LogP contribution in [0.4, 0.5) is 0 Å². The van der Waals surface area contributed by atoms with E-state index in [1.165, 1.54) is 25.9 Å². The van der Waals surface area contributed by atoms with Crippen molar-refractivity contribution in [1.29, 1.82) is 0 Å². The van der Waals surface area contributed by atoms with Crippen LogP contribution in [0.5, 0.6) is 0 Å². The third-order valence-electron chi connectivity index (χ3n) is 3.21. The Bertz CT molecular complexity index is 188. The molecule has 82 valence electrons. The van der Waals surface area contributed by atoms with Crippen molar-refractivity contribution in [2.24, 2.45) is 5.41 Å². The molecule has 0 radical (unpaired) electrons. The van der Waals surface area contributed by atoms with E-state index in [0.717, 1.165) is 19.4 Å². The predicted molar refractivity (Wildman–Crippen MR) is 59.4 cm³/mol. The van der Waals surface area contributed by atoms with Crippen LogP contribution in [0.2, 0.25) is 0 Å². The summed E-state index contributed by atoms with van der Waals surface area (Å²) in [7, 11) is 0. The van der Waals surface area contributed by atoms with Crippen LogP contribution in [0.25, 0.3) is 0 Å². The molecule has 1 saturated heterocycles. The highest BCUT2D eigenvalue weighted by Gasteiger charge is 2.24. The maximum absolute atomic E-state index is 10.8. The molecule has 0 bridgehead atoms. The molecule has 0 aromatic rings. The molecule has 1 aliphatic heterocycles. The lowest BCUT2D eigenvalue weighted by Gasteiger charge is -2.36. The first-order valence-electron chi connectivity index (χ1n) is 5.71. The van der Waals surface area contributed by atoms with Gasteiger partial charge in [0, 0.05) is 6.42 Å². The van der Waals surface area contributed by atoms with Gasteiger partial charge < -0.3 is 9.69 Å². The van der Waals surface area contributed by atoms with E-state index >= 15 is 0 Å². The van der Waals surface area contributed by atoms with Gasteiger partial charge in [0.15, 0.2) is 0 Å². The largest absolute Gasteiger partial charge is 0.303 e. The van der Waals surface area contributed by atoms with Gasteiger partial charge in [-0.25, -0.2) is 0 Å². The number of carbonyl (C=O) groups is 1. The van der Waals surface area contributed by atoms with Crippen molar-refractivity contribution < 1.29 is 4.79 Å². The van der Waals surface area contributed by atoms with Gasteiger partial charge in [0.1, 0.15) is 5.78 Å². The summed E-state index contributed by atoms with van der Waals surface area (Å²) in [6.45, 7) is 9.91. The van der Waals surface area contributed by atoms with Gasteiger partial charge in [-0.3, -0.25) is 0 Å². The highest BCUT2D eigenvalue weighted by Crippen LogP contribution is 2.29. The third-order valence-corrected chi connectivity index (χ3v) is 3.21. The van der Waals surface area contributed by atoms with E-state index in [1.54, 1.807) is 6.92 Å². The first kappa shape index (κ1) is 11.7. The fourth-order valence-corrected chi connectivity index (χ4v) is 1.93. The van der Waals surface area contributed by atoms with Crippen molar-refractivity contribution in [2.75, 3.05) is 19.6 Å². The van der Waals surface area contributed by atoms with Crippen LogP contribution in [-0.2, 0) is 4.79 Å². The maximum atomic E-state index is 10.8. The number of carbonyl (C=O) groups excluding carboxylic acids is 1. The van der Waals surface area contributed by atoms with Crippen LogP contribution >= 0.6 is 0 Å². The first-order chi connectivity index (χ1) is 6.49. The molecule has 0 saturated carbocycles. The van der Waals surface area contributed by atoms with Crippen LogP contribution in [0.3, 0.4) is 0 Å². The Labute approximate surface area is 87.7 Å². The molecule has 0 atom stereocenters. The van der Waals surface area contributed by atoms with Gasteiger partial charge >= 0.3 is 0 Å². The molecule has 0 aliphatic carbocycles. The van der Waals surface area contributed by atoms with Crippen LogP contribution in [0, 0.1) is 5.41 Å². The summed E-state index contributed by atoms with van der Waals surface area (Å²) in [6.07, 6.45) is 4.38. The number of ketones is 1. The van der Waals surface area contributed by atoms with Crippen LogP contribution in [0.1, 0.15) is 46.5 Å². The Morgan fingerprint density at radius 2 is 1.86 bits per heavy atom. The first-order valence-corrected chi connectivity index (χ1v) is 5.71. The Morgan fingerprint density at radius 1 is 1.29 bits per heavy atom. The average molecular weight is 197 g/mol. The summed E-state index contributed by atoms with van der Waals surface area (Å²) in [5.41, 5.74) is 0.539. The summed E-state index contributed by atoms with van der Waals surface area (Å²) in [6, 6.07) is 0. The van der Waals surface area contributed by atoms with Gasteiger partial charge in [0.25, 0.3) is 0 Å². The number of hydrogen-bond acceptors (Lipinski definition) is 2. The zero-order valence-electron chi connectivity index (χ0n) is 9.81. The standard InChI is InChI=1S/C12H23NO/c1-11(14)5-4-8-13-9-6-12(2,3)7-10-13/h4-10H2,1-3H3. The minimum atomic E-state index is 0.322. The highest BCUT2D eigenvalue weighted by atomic mass is 16.1. The number of Topliss-reactive ketones (excluding diaryl/α,β-unsaturated/α-hetero) is 1. The quantitative estimate of drug-likeness (QED) is 0.690. The van der Waals surface area contributed by atoms with Crippen LogP contribution < -0.4 is 0 Å². The molecule has 1 rings (SSSR count). The van der Waals surface area contributed by atoms with Gasteiger partial charge in [-0.15, -0.1) is 0 Å². The van der Waals surface area contributed by atoms with Crippen molar-refractivity contribution in [3.63, 3.8) is 0 Å². The molecule has 1 fully saturated rings. The molecule has 0 amide bonds. The minimum Gasteiger partial charge on any atom is -0.303 e.